The van der Waals surface area contributed by atoms with E-state index in [-0.39, 0.29) is 24.9 Å². The third kappa shape index (κ3) is 56.2. The highest BCUT2D eigenvalue weighted by Crippen LogP contribution is 2.38. The molecular formula is C65H121N2O7P. The van der Waals surface area contributed by atoms with Crippen LogP contribution in [0.5, 0.6) is 0 Å². The fourth-order valence-corrected chi connectivity index (χ4v) is 9.76. The molecule has 0 aromatic heterocycles. The van der Waals surface area contributed by atoms with E-state index in [4.69, 9.17) is 13.8 Å². The standard InChI is InChI=1S/C65H121N2O7P/c1-7-10-13-16-19-22-25-28-30-32-33-35-37-40-43-46-49-52-55-58-65(69)74-63(56-53-50-47-44-41-38-27-24-21-18-15-12-9-3)62(61-73-75(70,71)72-60-59-67(4,5)6)66-64(68)57-54-51-48-45-42-39-36-34-31-29-26-23-20-17-14-11-8-2/h19,22,28,30,33,35,40,43,53,56,62-63H,7-18,20-21,23-27,29,31-32,34,36-39,41-42,44-52,54-55,57-61H2,1-6H3,(H-,66,68,70,71)/b22-19-,30-28-,35-33-,43-40-,56-53+. The number of nitrogens with one attached hydrogen (secondary N) is 1. The second kappa shape index (κ2) is 55.0. The van der Waals surface area contributed by atoms with Crippen molar-refractivity contribution in [1.29, 1.82) is 0 Å². The molecule has 3 atom stereocenters. The van der Waals surface area contributed by atoms with E-state index >= 15 is 0 Å². The lowest BCUT2D eigenvalue weighted by Gasteiger charge is -2.30. The molecule has 9 nitrogen and oxygen atoms in total. The number of rotatable bonds is 57. The lowest BCUT2D eigenvalue weighted by Crippen LogP contribution is -2.47. The fraction of sp³-hybridized carbons (Fsp3) is 0.815. The Labute approximate surface area is 464 Å². The molecule has 0 rings (SSSR count). The number of phosphoric ester groups is 1. The second-order valence-corrected chi connectivity index (χ2v) is 24.0. The lowest BCUT2D eigenvalue weighted by molar-refractivity contribution is -0.870. The van der Waals surface area contributed by atoms with E-state index in [1.54, 1.807) is 0 Å². The maximum atomic E-state index is 13.5. The zero-order chi connectivity index (χ0) is 55.0. The molecule has 0 aliphatic rings. The van der Waals surface area contributed by atoms with E-state index in [1.165, 1.54) is 173 Å². The Morgan fingerprint density at radius 3 is 1.25 bits per heavy atom. The third-order valence-electron chi connectivity index (χ3n) is 14.0. The van der Waals surface area contributed by atoms with Crippen LogP contribution in [0.1, 0.15) is 290 Å². The molecule has 0 bridgehead atoms. The number of carbonyl (C=O) groups excluding carboxylic acids is 2. The van der Waals surface area contributed by atoms with Gasteiger partial charge in [0.25, 0.3) is 7.82 Å². The minimum atomic E-state index is -4.71. The summed E-state index contributed by atoms with van der Waals surface area (Å²) in [6, 6.07) is -0.900. The van der Waals surface area contributed by atoms with Crippen LogP contribution in [0, 0.1) is 0 Å². The summed E-state index contributed by atoms with van der Waals surface area (Å²) in [5, 5.41) is 3.03. The normalized spacial score (nSPS) is 14.1. The Morgan fingerprint density at radius 2 is 0.813 bits per heavy atom. The average Bonchev–Trinajstić information content (AvgIpc) is 3.37. The number of ether oxygens (including phenoxy) is 1. The maximum absolute atomic E-state index is 13.5. The van der Waals surface area contributed by atoms with E-state index in [2.05, 4.69) is 74.7 Å². The van der Waals surface area contributed by atoms with Crippen LogP contribution >= 0.6 is 7.82 Å². The maximum Gasteiger partial charge on any atom is 0.306 e. The third-order valence-corrected chi connectivity index (χ3v) is 14.9. The zero-order valence-corrected chi connectivity index (χ0v) is 50.9. The number of phosphoric acid groups is 1. The van der Waals surface area contributed by atoms with Crippen molar-refractivity contribution in [2.45, 2.75) is 303 Å². The number of nitrogens with zero attached hydrogens (tertiary/aromatic N) is 1. The first-order chi connectivity index (χ1) is 36.4. The zero-order valence-electron chi connectivity index (χ0n) is 50.0. The Hall–Kier alpha value is -2.29. The molecule has 0 aliphatic heterocycles. The van der Waals surface area contributed by atoms with E-state index < -0.39 is 26.6 Å². The molecular weight excluding hydrogens is 952 g/mol. The van der Waals surface area contributed by atoms with Crippen molar-refractivity contribution in [3.05, 3.63) is 60.8 Å². The minimum Gasteiger partial charge on any atom is -0.756 e. The molecule has 0 aromatic rings. The Balaban J connectivity index is 5.33. The predicted octanol–water partition coefficient (Wildman–Crippen LogP) is 18.8. The van der Waals surface area contributed by atoms with Crippen LogP contribution in [0.2, 0.25) is 0 Å². The quantitative estimate of drug-likeness (QED) is 0.0212. The first kappa shape index (κ1) is 72.7. The van der Waals surface area contributed by atoms with Crippen molar-refractivity contribution in [1.82, 2.24) is 5.32 Å². The summed E-state index contributed by atoms with van der Waals surface area (Å²) in [7, 11) is 1.17. The Morgan fingerprint density at radius 1 is 0.467 bits per heavy atom. The molecule has 0 heterocycles. The molecule has 0 aromatic carbocycles. The molecule has 0 radical (unpaired) electrons. The van der Waals surface area contributed by atoms with Gasteiger partial charge in [0.2, 0.25) is 5.91 Å². The molecule has 0 fully saturated rings. The number of likely N-dealkylation sites (N-methyl/N-ethyl adjacent to an activating group) is 1. The Kier molecular flexibility index (Phi) is 53.4. The van der Waals surface area contributed by atoms with Gasteiger partial charge in [-0.2, -0.15) is 0 Å². The second-order valence-electron chi connectivity index (χ2n) is 22.6. The highest BCUT2D eigenvalue weighted by molar-refractivity contribution is 7.45. The van der Waals surface area contributed by atoms with Gasteiger partial charge >= 0.3 is 5.97 Å². The first-order valence-corrected chi connectivity index (χ1v) is 33.1. The van der Waals surface area contributed by atoms with Gasteiger partial charge in [0, 0.05) is 12.8 Å². The molecule has 438 valence electrons. The van der Waals surface area contributed by atoms with Crippen LogP contribution in [0.3, 0.4) is 0 Å². The van der Waals surface area contributed by atoms with E-state index in [9.17, 15) is 19.0 Å². The minimum absolute atomic E-state index is 0.0275. The summed E-state index contributed by atoms with van der Waals surface area (Å²) >= 11 is 0. The number of amides is 1. The number of unbranched alkanes of at least 4 members (excludes halogenated alkanes) is 33. The van der Waals surface area contributed by atoms with Gasteiger partial charge in [-0.3, -0.25) is 14.2 Å². The largest absolute Gasteiger partial charge is 0.756 e. The number of quaternary nitrogens is 1. The van der Waals surface area contributed by atoms with Crippen LogP contribution in [0.25, 0.3) is 0 Å². The lowest BCUT2D eigenvalue weighted by atomic mass is 10.0. The summed E-state index contributed by atoms with van der Waals surface area (Å²) in [4.78, 5) is 40.0. The van der Waals surface area contributed by atoms with Gasteiger partial charge in [-0.15, -0.1) is 0 Å². The number of hydrogen-bond donors (Lipinski definition) is 1. The molecule has 0 saturated heterocycles. The van der Waals surface area contributed by atoms with Gasteiger partial charge in [-0.05, 0) is 76.7 Å². The molecule has 0 saturated carbocycles. The molecule has 0 spiro atoms. The monoisotopic (exact) mass is 1070 g/mol. The SMILES string of the molecule is CCCCC/C=C\C/C=C\C/C=C\C/C=C\CCCCCC(=O)OC(/C=C/CCCCCCCCCCCCC)C(COP(=O)([O-])OCC[N+](C)(C)C)NC(=O)CCCCCCCCCCCCCCCCCCC. The van der Waals surface area contributed by atoms with Crippen LogP contribution < -0.4 is 10.2 Å². The van der Waals surface area contributed by atoms with Crippen LogP contribution in [0.4, 0.5) is 0 Å². The van der Waals surface area contributed by atoms with Crippen LogP contribution in [0.15, 0.2) is 60.8 Å². The summed E-state index contributed by atoms with van der Waals surface area (Å²) in [6.45, 7) is 6.82. The van der Waals surface area contributed by atoms with E-state index in [0.29, 0.717) is 23.9 Å². The average molecular weight is 1070 g/mol. The number of allylic oxidation sites excluding steroid dienone is 9. The van der Waals surface area contributed by atoms with Gasteiger partial charge in [-0.1, -0.05) is 262 Å². The Bertz CT molecular complexity index is 1470. The summed E-state index contributed by atoms with van der Waals surface area (Å²) < 4.78 is 30.3. The molecule has 75 heavy (non-hydrogen) atoms. The van der Waals surface area contributed by atoms with Gasteiger partial charge in [-0.25, -0.2) is 0 Å². The van der Waals surface area contributed by atoms with Crippen molar-refractivity contribution in [3.63, 3.8) is 0 Å². The summed E-state index contributed by atoms with van der Waals surface area (Å²) in [5.41, 5.74) is 0. The van der Waals surface area contributed by atoms with Crippen molar-refractivity contribution in [3.8, 4) is 0 Å². The topological polar surface area (TPSA) is 114 Å². The van der Waals surface area contributed by atoms with Gasteiger partial charge in [0.1, 0.15) is 19.3 Å². The molecule has 3 unspecified atom stereocenters. The fourth-order valence-electron chi connectivity index (χ4n) is 9.04. The number of esters is 1. The molecule has 1 N–H and O–H groups in total. The van der Waals surface area contributed by atoms with Gasteiger partial charge in [0.05, 0.1) is 33.8 Å². The molecule has 0 aliphatic carbocycles. The summed E-state index contributed by atoms with van der Waals surface area (Å²) in [6.07, 6.45) is 68.9. The smallest absolute Gasteiger partial charge is 0.306 e. The van der Waals surface area contributed by atoms with Gasteiger partial charge in [0.15, 0.2) is 0 Å². The van der Waals surface area contributed by atoms with Crippen LogP contribution in [-0.4, -0.2) is 69.4 Å². The van der Waals surface area contributed by atoms with Gasteiger partial charge < -0.3 is 28.5 Å². The highest BCUT2D eigenvalue weighted by atomic mass is 31.2. The number of hydrogen-bond acceptors (Lipinski definition) is 7. The van der Waals surface area contributed by atoms with Crippen molar-refractivity contribution in [2.24, 2.45) is 0 Å². The molecule has 1 amide bonds. The predicted molar refractivity (Wildman–Crippen MR) is 321 cm³/mol. The van der Waals surface area contributed by atoms with E-state index in [0.717, 1.165) is 77.0 Å². The first-order valence-electron chi connectivity index (χ1n) is 31.6. The van der Waals surface area contributed by atoms with Crippen molar-refractivity contribution in [2.75, 3.05) is 40.9 Å². The number of carbonyl (C=O) groups is 2. The van der Waals surface area contributed by atoms with E-state index in [1.807, 2.05) is 33.3 Å². The highest BCUT2D eigenvalue weighted by Gasteiger charge is 2.27. The van der Waals surface area contributed by atoms with Crippen molar-refractivity contribution >= 4 is 19.7 Å². The molecule has 10 heteroatoms. The van der Waals surface area contributed by atoms with Crippen LogP contribution in [-0.2, 0) is 27.9 Å². The summed E-state index contributed by atoms with van der Waals surface area (Å²) in [5.74, 6) is -0.568. The van der Waals surface area contributed by atoms with Crippen molar-refractivity contribution < 1.29 is 37.3 Å².